The van der Waals surface area contributed by atoms with E-state index in [0.29, 0.717) is 18.6 Å². The standard InChI is InChI=1S/C27H33N3O5S/c1-4-29-17-24(28-18-29)12-11-22(14-27(31)32)21-10-9-19(2)23(13-21)16-30-15-20(3)35-25-7-5-6-8-26(25)36(30,33)34/h5-10,13,17-18,20,22H,4,11-12,14-16H2,1-3H3,(H,31,32)/t20-,22?/m1/s1. The Bertz CT molecular complexity index is 1330. The van der Waals surface area contributed by atoms with E-state index in [4.69, 9.17) is 4.74 Å². The Balaban J connectivity index is 1.60. The summed E-state index contributed by atoms with van der Waals surface area (Å²) in [6.45, 7) is 7.09. The van der Waals surface area contributed by atoms with Crippen LogP contribution in [0.15, 0.2) is 59.9 Å². The topological polar surface area (TPSA) is 102 Å². The van der Waals surface area contributed by atoms with Crippen LogP contribution in [0, 0.1) is 6.92 Å². The number of benzene rings is 2. The molecular weight excluding hydrogens is 478 g/mol. The Morgan fingerprint density at radius 2 is 2.03 bits per heavy atom. The van der Waals surface area contributed by atoms with Crippen LogP contribution in [0.1, 0.15) is 55.0 Å². The highest BCUT2D eigenvalue weighted by molar-refractivity contribution is 7.89. The Hall–Kier alpha value is -3.17. The third-order valence-corrected chi connectivity index (χ3v) is 8.52. The number of hydrogen-bond donors (Lipinski definition) is 1. The van der Waals surface area contributed by atoms with Crippen LogP contribution in [-0.2, 0) is 34.3 Å². The van der Waals surface area contributed by atoms with Gasteiger partial charge in [0.05, 0.1) is 25.0 Å². The summed E-state index contributed by atoms with van der Waals surface area (Å²) >= 11 is 0. The second kappa shape index (κ2) is 10.8. The lowest BCUT2D eigenvalue weighted by molar-refractivity contribution is -0.137. The van der Waals surface area contributed by atoms with Crippen LogP contribution < -0.4 is 4.74 Å². The van der Waals surface area contributed by atoms with E-state index < -0.39 is 16.0 Å². The van der Waals surface area contributed by atoms with Crippen molar-refractivity contribution < 1.29 is 23.1 Å². The highest BCUT2D eigenvalue weighted by Gasteiger charge is 2.33. The first-order valence-electron chi connectivity index (χ1n) is 12.2. The lowest BCUT2D eigenvalue weighted by Crippen LogP contribution is -2.35. The molecule has 9 heteroatoms. The van der Waals surface area contributed by atoms with Gasteiger partial charge in [-0.05, 0) is 68.4 Å². The first-order valence-corrected chi connectivity index (χ1v) is 13.7. The lowest BCUT2D eigenvalue weighted by Gasteiger charge is -2.23. The summed E-state index contributed by atoms with van der Waals surface area (Å²) in [4.78, 5) is 16.3. The van der Waals surface area contributed by atoms with Gasteiger partial charge in [-0.2, -0.15) is 4.31 Å². The van der Waals surface area contributed by atoms with Crippen molar-refractivity contribution in [2.75, 3.05) is 6.54 Å². The molecule has 0 bridgehead atoms. The van der Waals surface area contributed by atoms with Gasteiger partial charge in [-0.15, -0.1) is 0 Å². The zero-order valence-corrected chi connectivity index (χ0v) is 21.7. The van der Waals surface area contributed by atoms with Gasteiger partial charge in [0.25, 0.3) is 0 Å². The van der Waals surface area contributed by atoms with Gasteiger partial charge in [0.2, 0.25) is 10.0 Å². The smallest absolute Gasteiger partial charge is 0.303 e. The zero-order chi connectivity index (χ0) is 25.9. The van der Waals surface area contributed by atoms with Crippen LogP contribution in [0.5, 0.6) is 5.75 Å². The van der Waals surface area contributed by atoms with E-state index in [2.05, 4.69) is 4.98 Å². The fourth-order valence-corrected chi connectivity index (χ4v) is 6.24. The Labute approximate surface area is 212 Å². The van der Waals surface area contributed by atoms with Gasteiger partial charge < -0.3 is 14.4 Å². The number of nitrogens with zero attached hydrogens (tertiary/aromatic N) is 3. The molecule has 0 aliphatic carbocycles. The normalized spacial score (nSPS) is 18.1. The van der Waals surface area contributed by atoms with E-state index in [1.807, 2.05) is 49.7 Å². The maximum Gasteiger partial charge on any atom is 0.303 e. The molecule has 0 saturated carbocycles. The molecule has 1 unspecified atom stereocenters. The molecular formula is C27H33N3O5S. The van der Waals surface area contributed by atoms with E-state index in [0.717, 1.165) is 28.9 Å². The molecule has 1 aliphatic heterocycles. The molecule has 2 atom stereocenters. The molecule has 8 nitrogen and oxygen atoms in total. The van der Waals surface area contributed by atoms with E-state index in [1.54, 1.807) is 30.6 Å². The maximum atomic E-state index is 13.5. The summed E-state index contributed by atoms with van der Waals surface area (Å²) in [5, 5.41) is 9.57. The average molecular weight is 512 g/mol. The van der Waals surface area contributed by atoms with E-state index in [1.165, 1.54) is 4.31 Å². The number of aryl methyl sites for hydroxylation is 3. The number of sulfonamides is 1. The Morgan fingerprint density at radius 3 is 2.75 bits per heavy atom. The van der Waals surface area contributed by atoms with Crippen LogP contribution in [0.3, 0.4) is 0 Å². The number of carboxylic acids is 1. The predicted octanol–water partition coefficient (Wildman–Crippen LogP) is 4.37. The number of aliphatic carboxylic acids is 1. The summed E-state index contributed by atoms with van der Waals surface area (Å²) in [5.74, 6) is -0.707. The van der Waals surface area contributed by atoms with Gasteiger partial charge >= 0.3 is 5.97 Å². The summed E-state index contributed by atoms with van der Waals surface area (Å²) < 4.78 is 36.3. The molecule has 0 amide bonds. The molecule has 1 aromatic heterocycles. The molecule has 4 rings (SSSR count). The number of carbonyl (C=O) groups is 1. The molecule has 0 radical (unpaired) electrons. The molecule has 2 heterocycles. The number of ether oxygens (including phenoxy) is 1. The molecule has 0 spiro atoms. The second-order valence-corrected chi connectivity index (χ2v) is 11.3. The largest absolute Gasteiger partial charge is 0.488 e. The number of aromatic nitrogens is 2. The van der Waals surface area contributed by atoms with Crippen LogP contribution in [0.25, 0.3) is 0 Å². The summed E-state index contributed by atoms with van der Waals surface area (Å²) in [6, 6.07) is 12.6. The molecule has 0 fully saturated rings. The van der Waals surface area contributed by atoms with Crippen molar-refractivity contribution in [2.24, 2.45) is 0 Å². The van der Waals surface area contributed by atoms with Crippen molar-refractivity contribution in [1.29, 1.82) is 0 Å². The number of carboxylic acid groups (broad SMARTS) is 1. The van der Waals surface area contributed by atoms with Gasteiger partial charge in [0.15, 0.2) is 0 Å². The first-order chi connectivity index (χ1) is 17.2. The molecule has 2 aromatic carbocycles. The quantitative estimate of drug-likeness (QED) is 0.458. The monoisotopic (exact) mass is 511 g/mol. The summed E-state index contributed by atoms with van der Waals surface area (Å²) in [6.07, 6.45) is 4.77. The van der Waals surface area contributed by atoms with Crippen molar-refractivity contribution >= 4 is 16.0 Å². The average Bonchev–Trinajstić information content (AvgIpc) is 3.27. The van der Waals surface area contributed by atoms with E-state index in [-0.39, 0.29) is 36.4 Å². The molecule has 1 aliphatic rings. The molecule has 36 heavy (non-hydrogen) atoms. The number of fused-ring (bicyclic) bond motifs is 1. The highest BCUT2D eigenvalue weighted by Crippen LogP contribution is 2.33. The van der Waals surface area contributed by atoms with Gasteiger partial charge in [-0.3, -0.25) is 4.79 Å². The highest BCUT2D eigenvalue weighted by atomic mass is 32.2. The number of para-hydroxylation sites is 1. The minimum atomic E-state index is -3.76. The SMILES string of the molecule is CCn1cnc(CCC(CC(=O)O)c2ccc(C)c(CN3C[C@@H](C)Oc4ccccc4S3(=O)=O)c2)c1. The van der Waals surface area contributed by atoms with E-state index in [9.17, 15) is 18.3 Å². The third-order valence-electron chi connectivity index (χ3n) is 6.67. The van der Waals surface area contributed by atoms with Gasteiger partial charge in [0, 0.05) is 19.3 Å². The van der Waals surface area contributed by atoms with Crippen molar-refractivity contribution in [3.63, 3.8) is 0 Å². The molecule has 1 N–H and O–H groups in total. The predicted molar refractivity (Wildman–Crippen MR) is 137 cm³/mol. The lowest BCUT2D eigenvalue weighted by atomic mass is 9.88. The van der Waals surface area contributed by atoms with Crippen molar-refractivity contribution in [1.82, 2.24) is 13.9 Å². The minimum absolute atomic E-state index is 0.00273. The van der Waals surface area contributed by atoms with E-state index >= 15 is 0 Å². The third kappa shape index (κ3) is 5.79. The zero-order valence-electron chi connectivity index (χ0n) is 20.9. The van der Waals surface area contributed by atoms with Crippen molar-refractivity contribution in [3.8, 4) is 5.75 Å². The van der Waals surface area contributed by atoms with Crippen molar-refractivity contribution in [3.05, 3.63) is 77.4 Å². The molecule has 0 saturated heterocycles. The second-order valence-electron chi connectivity index (χ2n) is 9.39. The van der Waals surface area contributed by atoms with Crippen LogP contribution >= 0.6 is 0 Å². The van der Waals surface area contributed by atoms with Crippen LogP contribution in [0.4, 0.5) is 0 Å². The van der Waals surface area contributed by atoms with Gasteiger partial charge in [-0.25, -0.2) is 13.4 Å². The van der Waals surface area contributed by atoms with Crippen molar-refractivity contribution in [2.45, 2.75) is 70.0 Å². The molecule has 3 aromatic rings. The fraction of sp³-hybridized carbons (Fsp3) is 0.407. The van der Waals surface area contributed by atoms with Gasteiger partial charge in [-0.1, -0.05) is 30.3 Å². The molecule has 192 valence electrons. The summed E-state index contributed by atoms with van der Waals surface area (Å²) in [5.41, 5.74) is 3.64. The Morgan fingerprint density at radius 1 is 1.25 bits per heavy atom. The number of rotatable bonds is 9. The van der Waals surface area contributed by atoms with Gasteiger partial charge in [0.1, 0.15) is 16.7 Å². The summed E-state index contributed by atoms with van der Waals surface area (Å²) in [7, 11) is -3.76. The van der Waals surface area contributed by atoms with Crippen LogP contribution in [-0.4, -0.2) is 46.0 Å². The fourth-order valence-electron chi connectivity index (χ4n) is 4.62. The Kier molecular flexibility index (Phi) is 7.80. The minimum Gasteiger partial charge on any atom is -0.488 e. The first kappa shape index (κ1) is 25.9. The maximum absolute atomic E-state index is 13.5. The number of hydrogen-bond acceptors (Lipinski definition) is 5. The van der Waals surface area contributed by atoms with Crippen LogP contribution in [0.2, 0.25) is 0 Å². The number of imidazole rings is 1.